The fourth-order valence-corrected chi connectivity index (χ4v) is 3.54. The Morgan fingerprint density at radius 3 is 2.90 bits per heavy atom. The molecule has 2 aliphatic rings. The molecule has 30 heavy (non-hydrogen) atoms. The van der Waals surface area contributed by atoms with Crippen LogP contribution in [0.3, 0.4) is 0 Å². The number of halogens is 2. The molecular formula is C21H27FIN5O2. The first kappa shape index (κ1) is 22.4. The number of rotatable bonds is 5. The number of benzene rings is 1. The van der Waals surface area contributed by atoms with Gasteiger partial charge in [0, 0.05) is 31.9 Å². The summed E-state index contributed by atoms with van der Waals surface area (Å²) in [6.45, 7) is 5.15. The zero-order valence-electron chi connectivity index (χ0n) is 16.9. The first-order valence-electron chi connectivity index (χ1n) is 10.0. The van der Waals surface area contributed by atoms with Crippen molar-refractivity contribution in [2.75, 3.05) is 37.7 Å². The third-order valence-corrected chi connectivity index (χ3v) is 4.93. The Hall–Kier alpha value is -2.30. The van der Waals surface area contributed by atoms with Gasteiger partial charge in [-0.3, -0.25) is 0 Å². The Morgan fingerprint density at radius 2 is 2.10 bits per heavy atom. The highest BCUT2D eigenvalue weighted by Crippen LogP contribution is 2.30. The molecule has 2 aromatic rings. The average Bonchev–Trinajstić information content (AvgIpc) is 3.20. The van der Waals surface area contributed by atoms with Crippen molar-refractivity contribution in [1.29, 1.82) is 0 Å². The summed E-state index contributed by atoms with van der Waals surface area (Å²) in [7, 11) is 0. The van der Waals surface area contributed by atoms with E-state index in [0.717, 1.165) is 37.0 Å². The number of aliphatic imine (C=N–C) groups is 1. The number of aromatic nitrogens is 1. The largest absolute Gasteiger partial charge is 0.486 e. The van der Waals surface area contributed by atoms with Crippen LogP contribution in [-0.2, 0) is 0 Å². The maximum atomic E-state index is 14.0. The van der Waals surface area contributed by atoms with Crippen LogP contribution in [0.5, 0.6) is 11.5 Å². The fraction of sp³-hybridized carbons (Fsp3) is 0.429. The van der Waals surface area contributed by atoms with E-state index in [1.54, 1.807) is 12.3 Å². The van der Waals surface area contributed by atoms with E-state index >= 15 is 0 Å². The summed E-state index contributed by atoms with van der Waals surface area (Å²) in [6, 6.07) is 10.9. The van der Waals surface area contributed by atoms with Gasteiger partial charge < -0.3 is 25.0 Å². The molecule has 9 heteroatoms. The third kappa shape index (κ3) is 5.44. The minimum absolute atomic E-state index is 0. The van der Waals surface area contributed by atoms with E-state index in [0.29, 0.717) is 25.5 Å². The molecule has 162 valence electrons. The Morgan fingerprint density at radius 1 is 1.27 bits per heavy atom. The highest BCUT2D eigenvalue weighted by Gasteiger charge is 2.26. The first-order valence-corrected chi connectivity index (χ1v) is 10.0. The molecule has 0 aliphatic carbocycles. The van der Waals surface area contributed by atoms with Gasteiger partial charge in [0.2, 0.25) is 0 Å². The van der Waals surface area contributed by atoms with E-state index in [2.05, 4.69) is 20.6 Å². The molecule has 4 rings (SSSR count). The molecule has 0 saturated carbocycles. The molecular weight excluding hydrogens is 500 g/mol. The summed E-state index contributed by atoms with van der Waals surface area (Å²) in [5.74, 6) is 2.36. The molecule has 0 bridgehead atoms. The maximum absolute atomic E-state index is 14.0. The smallest absolute Gasteiger partial charge is 0.191 e. The second-order valence-corrected chi connectivity index (χ2v) is 7.10. The van der Waals surface area contributed by atoms with Crippen LogP contribution in [0.2, 0.25) is 0 Å². The number of guanidine groups is 1. The molecule has 7 nitrogen and oxygen atoms in total. The van der Waals surface area contributed by atoms with Crippen molar-refractivity contribution in [3.8, 4) is 11.5 Å². The van der Waals surface area contributed by atoms with E-state index < -0.39 is 0 Å². The van der Waals surface area contributed by atoms with Gasteiger partial charge in [-0.15, -0.1) is 24.0 Å². The van der Waals surface area contributed by atoms with Gasteiger partial charge in [-0.2, -0.15) is 0 Å². The monoisotopic (exact) mass is 527 g/mol. The topological polar surface area (TPSA) is 71.0 Å². The summed E-state index contributed by atoms with van der Waals surface area (Å²) in [6.07, 6.45) is 2.37. The van der Waals surface area contributed by atoms with Crippen molar-refractivity contribution in [3.63, 3.8) is 0 Å². The zero-order valence-corrected chi connectivity index (χ0v) is 19.2. The number of nitrogens with zero attached hydrogens (tertiary/aromatic N) is 3. The number of anilines is 1. The zero-order chi connectivity index (χ0) is 20.1. The summed E-state index contributed by atoms with van der Waals surface area (Å²) >= 11 is 0. The van der Waals surface area contributed by atoms with Crippen molar-refractivity contribution in [2.24, 2.45) is 4.99 Å². The number of nitrogens with one attached hydrogen (secondary N) is 2. The maximum Gasteiger partial charge on any atom is 0.191 e. The fourth-order valence-electron chi connectivity index (χ4n) is 3.54. The Kier molecular flexibility index (Phi) is 7.94. The predicted molar refractivity (Wildman–Crippen MR) is 126 cm³/mol. The number of ether oxygens (including phenoxy) is 2. The van der Waals surface area contributed by atoms with Crippen molar-refractivity contribution >= 4 is 35.8 Å². The van der Waals surface area contributed by atoms with Crippen LogP contribution in [0, 0.1) is 5.82 Å². The number of fused-ring (bicyclic) bond motifs is 1. The quantitative estimate of drug-likeness (QED) is 0.354. The van der Waals surface area contributed by atoms with Gasteiger partial charge >= 0.3 is 0 Å². The minimum Gasteiger partial charge on any atom is -0.486 e. The van der Waals surface area contributed by atoms with E-state index in [4.69, 9.17) is 9.47 Å². The molecule has 3 heterocycles. The van der Waals surface area contributed by atoms with Crippen LogP contribution in [0.4, 0.5) is 10.2 Å². The summed E-state index contributed by atoms with van der Waals surface area (Å²) in [5, 5.41) is 6.71. The van der Waals surface area contributed by atoms with E-state index in [9.17, 15) is 4.39 Å². The first-order chi connectivity index (χ1) is 14.2. The van der Waals surface area contributed by atoms with Crippen molar-refractivity contribution in [3.05, 3.63) is 48.4 Å². The second kappa shape index (κ2) is 10.6. The highest BCUT2D eigenvalue weighted by atomic mass is 127. The van der Waals surface area contributed by atoms with Crippen LogP contribution in [-0.4, -0.2) is 55.9 Å². The highest BCUT2D eigenvalue weighted by molar-refractivity contribution is 14.0. The Labute approximate surface area is 193 Å². The predicted octanol–water partition coefficient (Wildman–Crippen LogP) is 2.81. The van der Waals surface area contributed by atoms with Crippen molar-refractivity contribution < 1.29 is 13.9 Å². The van der Waals surface area contributed by atoms with Crippen LogP contribution >= 0.6 is 24.0 Å². The lowest BCUT2D eigenvalue weighted by atomic mass is 10.2. The second-order valence-electron chi connectivity index (χ2n) is 7.10. The molecule has 2 aliphatic heterocycles. The van der Waals surface area contributed by atoms with Crippen LogP contribution in [0.25, 0.3) is 0 Å². The Bertz CT molecular complexity index is 869. The normalized spacial score (nSPS) is 20.5. The van der Waals surface area contributed by atoms with E-state index in [-0.39, 0.29) is 41.9 Å². The van der Waals surface area contributed by atoms with Crippen molar-refractivity contribution in [1.82, 2.24) is 15.6 Å². The van der Waals surface area contributed by atoms with Gasteiger partial charge in [0.25, 0.3) is 0 Å². The summed E-state index contributed by atoms with van der Waals surface area (Å²) in [5.41, 5.74) is 0. The molecule has 2 unspecified atom stereocenters. The molecule has 1 saturated heterocycles. The number of pyridine rings is 1. The number of hydrogen-bond acceptors (Lipinski definition) is 5. The van der Waals surface area contributed by atoms with Gasteiger partial charge in [-0.25, -0.2) is 14.4 Å². The summed E-state index contributed by atoms with van der Waals surface area (Å²) < 4.78 is 25.7. The molecule has 0 spiro atoms. The molecule has 1 aromatic carbocycles. The van der Waals surface area contributed by atoms with Crippen LogP contribution in [0.1, 0.15) is 13.3 Å². The average molecular weight is 527 g/mol. The molecule has 0 radical (unpaired) electrons. The molecule has 0 amide bonds. The standard InChI is InChI=1S/C21H26FN5O2.HI/c1-2-23-21(25-12-16-14-28-18-7-3-4-8-19(18)29-16)26-15-9-11-27(13-15)20-17(22)6-5-10-24-20;/h3-8,10,15-16H,2,9,11-14H2,1H3,(H2,23,25,26);1H. The number of hydrogen-bond donors (Lipinski definition) is 2. The van der Waals surface area contributed by atoms with Crippen molar-refractivity contribution in [2.45, 2.75) is 25.5 Å². The molecule has 2 atom stereocenters. The SMILES string of the molecule is CCNC(=NCC1COc2ccccc2O1)NC1CCN(c2ncccc2F)C1.I. The Balaban J connectivity index is 0.00000256. The van der Waals surface area contributed by atoms with Gasteiger partial charge in [0.05, 0.1) is 6.54 Å². The lowest BCUT2D eigenvalue weighted by molar-refractivity contribution is 0.0971. The van der Waals surface area contributed by atoms with Gasteiger partial charge in [0.1, 0.15) is 6.61 Å². The van der Waals surface area contributed by atoms with E-state index in [1.165, 1.54) is 6.07 Å². The molecule has 1 fully saturated rings. The molecule has 2 N–H and O–H groups in total. The van der Waals surface area contributed by atoms with Gasteiger partial charge in [0.15, 0.2) is 35.2 Å². The van der Waals surface area contributed by atoms with Gasteiger partial charge in [-0.05, 0) is 37.6 Å². The molecule has 1 aromatic heterocycles. The summed E-state index contributed by atoms with van der Waals surface area (Å²) in [4.78, 5) is 10.8. The van der Waals surface area contributed by atoms with Crippen LogP contribution in [0.15, 0.2) is 47.6 Å². The van der Waals surface area contributed by atoms with Crippen LogP contribution < -0.4 is 25.0 Å². The number of para-hydroxylation sites is 2. The van der Waals surface area contributed by atoms with E-state index in [1.807, 2.05) is 36.1 Å². The lowest BCUT2D eigenvalue weighted by Crippen LogP contribution is -2.45. The lowest BCUT2D eigenvalue weighted by Gasteiger charge is -2.26. The van der Waals surface area contributed by atoms with Gasteiger partial charge in [-0.1, -0.05) is 12.1 Å². The third-order valence-electron chi connectivity index (χ3n) is 4.93. The minimum atomic E-state index is -0.288.